The molecule has 0 aromatic rings. The first kappa shape index (κ1) is 20.0. The largest absolute Gasteiger partial charge is 0.456 e. The van der Waals surface area contributed by atoms with Crippen LogP contribution >= 0.6 is 0 Å². The summed E-state index contributed by atoms with van der Waals surface area (Å²) in [5.74, 6) is 0.000949. The minimum absolute atomic E-state index is 0.176. The second kappa shape index (κ2) is 7.52. The zero-order valence-electron chi connectivity index (χ0n) is 16.2. The van der Waals surface area contributed by atoms with Crippen LogP contribution in [-0.2, 0) is 14.3 Å². The fourth-order valence-electron chi connectivity index (χ4n) is 6.90. The first-order valence-corrected chi connectivity index (χ1v) is 10.7. The Balaban J connectivity index is 1.34. The fourth-order valence-corrected chi connectivity index (χ4v) is 6.90. The van der Waals surface area contributed by atoms with Crippen LogP contribution in [0, 0.1) is 35.0 Å². The number of nitrogens with one attached hydrogen (secondary N) is 1. The van der Waals surface area contributed by atoms with Gasteiger partial charge in [0.25, 0.3) is 0 Å². The van der Waals surface area contributed by atoms with Gasteiger partial charge in [0.05, 0.1) is 11.8 Å². The lowest BCUT2D eigenvalue weighted by molar-refractivity contribution is -0.191. The van der Waals surface area contributed by atoms with Crippen molar-refractivity contribution in [3.63, 3.8) is 0 Å². The van der Waals surface area contributed by atoms with Gasteiger partial charge in [-0.05, 0) is 74.5 Å². The van der Waals surface area contributed by atoms with E-state index in [0.29, 0.717) is 19.4 Å². The second-order valence-electron chi connectivity index (χ2n) is 9.86. The molecule has 4 bridgehead atoms. The normalized spacial score (nSPS) is 39.6. The highest BCUT2D eigenvalue weighted by atomic mass is 19.4. The van der Waals surface area contributed by atoms with Crippen LogP contribution in [0.2, 0.25) is 0 Å². The van der Waals surface area contributed by atoms with Gasteiger partial charge < -0.3 is 10.1 Å². The fraction of sp³-hybridized carbons (Fsp3) is 0.905. The maximum atomic E-state index is 12.9. The summed E-state index contributed by atoms with van der Waals surface area (Å²) in [6.07, 6.45) is 5.53. The Morgan fingerprint density at radius 2 is 1.46 bits per heavy atom. The molecule has 1 N–H and O–H groups in total. The standard InChI is InChI=1S/C21H30F3NO3/c22-21(23,24)12-28-19(27)17-4-2-1-3-16(17)18(26)25-11-20-8-13-5-14(9-20)7-15(6-13)10-20/h13-17H,1-12H2,(H,25,26). The second-order valence-corrected chi connectivity index (χ2v) is 9.86. The maximum Gasteiger partial charge on any atom is 0.422 e. The molecule has 0 aromatic carbocycles. The van der Waals surface area contributed by atoms with Gasteiger partial charge in [0, 0.05) is 6.54 Å². The lowest BCUT2D eigenvalue weighted by atomic mass is 9.49. The number of carbonyl (C=O) groups excluding carboxylic acids is 2. The van der Waals surface area contributed by atoms with E-state index in [9.17, 15) is 22.8 Å². The summed E-state index contributed by atoms with van der Waals surface area (Å²) in [6.45, 7) is -0.930. The molecule has 0 heterocycles. The van der Waals surface area contributed by atoms with Gasteiger partial charge in [-0.25, -0.2) is 0 Å². The number of rotatable bonds is 5. The van der Waals surface area contributed by atoms with Crippen molar-refractivity contribution in [1.82, 2.24) is 5.32 Å². The lowest BCUT2D eigenvalue weighted by Gasteiger charge is -2.57. The Labute approximate surface area is 163 Å². The van der Waals surface area contributed by atoms with E-state index >= 15 is 0 Å². The molecule has 5 aliphatic carbocycles. The number of esters is 1. The van der Waals surface area contributed by atoms with Crippen LogP contribution in [0.3, 0.4) is 0 Å². The van der Waals surface area contributed by atoms with E-state index in [2.05, 4.69) is 10.1 Å². The molecule has 7 heteroatoms. The Morgan fingerprint density at radius 3 is 2.00 bits per heavy atom. The summed E-state index contributed by atoms with van der Waals surface area (Å²) in [6, 6.07) is 0. The Kier molecular flexibility index (Phi) is 5.38. The summed E-state index contributed by atoms with van der Waals surface area (Å²) < 4.78 is 41.5. The lowest BCUT2D eigenvalue weighted by Crippen LogP contribution is -2.52. The van der Waals surface area contributed by atoms with Gasteiger partial charge in [0.15, 0.2) is 6.61 Å². The molecular formula is C21H30F3NO3. The SMILES string of the molecule is O=C(NCC12CC3CC(CC(C3)C1)C2)C1CCCCC1C(=O)OCC(F)(F)F. The highest BCUT2D eigenvalue weighted by Gasteiger charge is 2.51. The van der Waals surface area contributed by atoms with Crippen molar-refractivity contribution in [2.45, 2.75) is 70.4 Å². The molecule has 1 amide bonds. The minimum atomic E-state index is -4.54. The topological polar surface area (TPSA) is 55.4 Å². The highest BCUT2D eigenvalue weighted by molar-refractivity contribution is 5.85. The van der Waals surface area contributed by atoms with E-state index in [0.717, 1.165) is 30.6 Å². The summed E-state index contributed by atoms with van der Waals surface area (Å²) in [4.78, 5) is 25.0. The van der Waals surface area contributed by atoms with E-state index in [-0.39, 0.29) is 11.3 Å². The molecule has 5 rings (SSSR count). The van der Waals surface area contributed by atoms with Gasteiger partial charge in [-0.1, -0.05) is 12.8 Å². The third-order valence-corrected chi connectivity index (χ3v) is 7.59. The van der Waals surface area contributed by atoms with Crippen molar-refractivity contribution >= 4 is 11.9 Å². The Bertz CT molecular complexity index is 583. The Hall–Kier alpha value is -1.27. The number of hydrogen-bond donors (Lipinski definition) is 1. The third kappa shape index (κ3) is 4.33. The van der Waals surface area contributed by atoms with Gasteiger partial charge in [-0.2, -0.15) is 13.2 Å². The minimum Gasteiger partial charge on any atom is -0.456 e. The van der Waals surface area contributed by atoms with Crippen LogP contribution in [0.5, 0.6) is 0 Å². The predicted octanol–water partition coefficient (Wildman–Crippen LogP) is 4.23. The van der Waals surface area contributed by atoms with Gasteiger partial charge in [0.1, 0.15) is 0 Å². The molecule has 0 aromatic heterocycles. The van der Waals surface area contributed by atoms with E-state index in [1.807, 2.05) is 0 Å². The van der Waals surface area contributed by atoms with Crippen molar-refractivity contribution in [1.29, 1.82) is 0 Å². The molecule has 2 unspecified atom stereocenters. The average Bonchev–Trinajstić information content (AvgIpc) is 2.62. The van der Waals surface area contributed by atoms with Crippen LogP contribution in [0.25, 0.3) is 0 Å². The number of hydrogen-bond acceptors (Lipinski definition) is 3. The van der Waals surface area contributed by atoms with E-state index in [1.54, 1.807) is 0 Å². The number of amides is 1. The summed E-state index contributed by atoms with van der Waals surface area (Å²) >= 11 is 0. The zero-order chi connectivity index (χ0) is 19.9. The first-order chi connectivity index (χ1) is 13.2. The average molecular weight is 401 g/mol. The molecular weight excluding hydrogens is 371 g/mol. The molecule has 0 radical (unpaired) electrons. The van der Waals surface area contributed by atoms with Crippen LogP contribution in [0.4, 0.5) is 13.2 Å². The van der Waals surface area contributed by atoms with E-state index in [1.165, 1.54) is 38.5 Å². The molecule has 4 nitrogen and oxygen atoms in total. The van der Waals surface area contributed by atoms with Crippen molar-refractivity contribution in [2.75, 3.05) is 13.2 Å². The molecule has 5 fully saturated rings. The Morgan fingerprint density at radius 1 is 0.929 bits per heavy atom. The summed E-state index contributed by atoms with van der Waals surface area (Å²) in [5, 5.41) is 3.10. The molecule has 0 aliphatic heterocycles. The van der Waals surface area contributed by atoms with E-state index in [4.69, 9.17) is 0 Å². The van der Waals surface area contributed by atoms with Crippen molar-refractivity contribution in [2.24, 2.45) is 35.0 Å². The number of carbonyl (C=O) groups is 2. The van der Waals surface area contributed by atoms with Crippen LogP contribution in [0.15, 0.2) is 0 Å². The highest BCUT2D eigenvalue weighted by Crippen LogP contribution is 2.59. The molecule has 5 saturated carbocycles. The quantitative estimate of drug-likeness (QED) is 0.702. The molecule has 0 spiro atoms. The van der Waals surface area contributed by atoms with Gasteiger partial charge in [-0.15, -0.1) is 0 Å². The van der Waals surface area contributed by atoms with Crippen LogP contribution < -0.4 is 5.32 Å². The van der Waals surface area contributed by atoms with Crippen molar-refractivity contribution in [3.8, 4) is 0 Å². The summed E-state index contributed by atoms with van der Waals surface area (Å²) in [7, 11) is 0. The monoisotopic (exact) mass is 401 g/mol. The maximum absolute atomic E-state index is 12.9. The number of ether oxygens (including phenoxy) is 1. The van der Waals surface area contributed by atoms with Gasteiger partial charge in [0.2, 0.25) is 5.91 Å². The molecule has 28 heavy (non-hydrogen) atoms. The molecule has 5 aliphatic rings. The smallest absolute Gasteiger partial charge is 0.422 e. The molecule has 2 atom stereocenters. The van der Waals surface area contributed by atoms with Gasteiger partial charge >= 0.3 is 12.1 Å². The number of alkyl halides is 3. The number of halogens is 3. The molecule has 158 valence electrons. The predicted molar refractivity (Wildman–Crippen MR) is 96.1 cm³/mol. The first-order valence-electron chi connectivity index (χ1n) is 10.7. The van der Waals surface area contributed by atoms with Crippen LogP contribution in [0.1, 0.15) is 64.2 Å². The van der Waals surface area contributed by atoms with E-state index < -0.39 is 30.6 Å². The zero-order valence-corrected chi connectivity index (χ0v) is 16.2. The van der Waals surface area contributed by atoms with Gasteiger partial charge in [-0.3, -0.25) is 9.59 Å². The van der Waals surface area contributed by atoms with Crippen molar-refractivity contribution < 1.29 is 27.5 Å². The van der Waals surface area contributed by atoms with Crippen LogP contribution in [-0.4, -0.2) is 31.2 Å². The summed E-state index contributed by atoms with van der Waals surface area (Å²) in [5.41, 5.74) is 0.200. The molecule has 0 saturated heterocycles. The van der Waals surface area contributed by atoms with Crippen molar-refractivity contribution in [3.05, 3.63) is 0 Å². The third-order valence-electron chi connectivity index (χ3n) is 7.59.